The molecule has 0 bridgehead atoms. The van der Waals surface area contributed by atoms with Gasteiger partial charge in [0.05, 0.1) is 23.4 Å². The monoisotopic (exact) mass is 297 g/mol. The van der Waals surface area contributed by atoms with Gasteiger partial charge >= 0.3 is 6.03 Å². The number of urea groups is 1. The number of aliphatic hydroxyl groups is 1. The fourth-order valence-electron chi connectivity index (χ4n) is 2.59. The minimum absolute atomic E-state index is 0.0409. The van der Waals surface area contributed by atoms with Gasteiger partial charge in [0.25, 0.3) is 0 Å². The summed E-state index contributed by atoms with van der Waals surface area (Å²) >= 11 is 1.62. The molecule has 0 aromatic carbocycles. The standard InChI is InChI=1S/C14H23N3O2S/c1-9-13(20-11(3)16-9)7-15-14(19)17-6-4-5-12(8-17)10(2)18/h10,12,18H,4-8H2,1-3H3,(H,15,19). The van der Waals surface area contributed by atoms with Crippen LogP contribution in [0, 0.1) is 19.8 Å². The van der Waals surface area contributed by atoms with Crippen molar-refractivity contribution in [1.29, 1.82) is 0 Å². The minimum Gasteiger partial charge on any atom is -0.393 e. The first-order chi connectivity index (χ1) is 9.47. The van der Waals surface area contributed by atoms with Gasteiger partial charge in [-0.1, -0.05) is 0 Å². The van der Waals surface area contributed by atoms with Crippen molar-refractivity contribution in [2.24, 2.45) is 5.92 Å². The van der Waals surface area contributed by atoms with Crippen LogP contribution in [-0.2, 0) is 6.54 Å². The maximum Gasteiger partial charge on any atom is 0.317 e. The normalized spacial score (nSPS) is 20.8. The molecule has 1 aliphatic heterocycles. The van der Waals surface area contributed by atoms with E-state index < -0.39 is 0 Å². The zero-order chi connectivity index (χ0) is 14.7. The number of aromatic nitrogens is 1. The molecule has 6 heteroatoms. The highest BCUT2D eigenvalue weighted by Gasteiger charge is 2.26. The summed E-state index contributed by atoms with van der Waals surface area (Å²) in [7, 11) is 0. The quantitative estimate of drug-likeness (QED) is 0.897. The van der Waals surface area contributed by atoms with Crippen molar-refractivity contribution < 1.29 is 9.90 Å². The topological polar surface area (TPSA) is 65.5 Å². The third-order valence-corrected chi connectivity index (χ3v) is 4.90. The number of hydrogen-bond acceptors (Lipinski definition) is 4. The SMILES string of the molecule is Cc1nc(C)c(CNC(=O)N2CCCC(C(C)O)C2)s1. The van der Waals surface area contributed by atoms with Gasteiger partial charge < -0.3 is 15.3 Å². The Morgan fingerprint density at radius 3 is 2.95 bits per heavy atom. The second-order valence-electron chi connectivity index (χ2n) is 5.49. The van der Waals surface area contributed by atoms with Crippen LogP contribution in [0.5, 0.6) is 0 Å². The van der Waals surface area contributed by atoms with E-state index in [4.69, 9.17) is 0 Å². The number of aryl methyl sites for hydroxylation is 2. The first-order valence-corrected chi connectivity index (χ1v) is 7.92. The number of thiazole rings is 1. The molecule has 2 atom stereocenters. The van der Waals surface area contributed by atoms with Gasteiger partial charge in [0.2, 0.25) is 0 Å². The van der Waals surface area contributed by atoms with Crippen molar-refractivity contribution in [2.75, 3.05) is 13.1 Å². The lowest BCUT2D eigenvalue weighted by atomic mass is 9.94. The Hall–Kier alpha value is -1.14. The summed E-state index contributed by atoms with van der Waals surface area (Å²) in [6.45, 7) is 7.69. The summed E-state index contributed by atoms with van der Waals surface area (Å²) in [6.07, 6.45) is 1.60. The number of aliphatic hydroxyl groups excluding tert-OH is 1. The summed E-state index contributed by atoms with van der Waals surface area (Å²) in [5.41, 5.74) is 0.994. The van der Waals surface area contributed by atoms with Crippen LogP contribution in [0.25, 0.3) is 0 Å². The van der Waals surface area contributed by atoms with Gasteiger partial charge in [-0.3, -0.25) is 0 Å². The van der Waals surface area contributed by atoms with E-state index >= 15 is 0 Å². The average molecular weight is 297 g/mol. The van der Waals surface area contributed by atoms with E-state index in [9.17, 15) is 9.90 Å². The third kappa shape index (κ3) is 3.70. The molecule has 2 heterocycles. The van der Waals surface area contributed by atoms with Crippen molar-refractivity contribution in [1.82, 2.24) is 15.2 Å². The van der Waals surface area contributed by atoms with E-state index in [1.54, 1.807) is 18.3 Å². The molecule has 0 radical (unpaired) electrons. The average Bonchev–Trinajstić information content (AvgIpc) is 2.74. The van der Waals surface area contributed by atoms with Crippen molar-refractivity contribution in [3.05, 3.63) is 15.6 Å². The summed E-state index contributed by atoms with van der Waals surface area (Å²) in [6, 6.07) is -0.0409. The highest BCUT2D eigenvalue weighted by Crippen LogP contribution is 2.20. The van der Waals surface area contributed by atoms with Crippen LogP contribution < -0.4 is 5.32 Å². The highest BCUT2D eigenvalue weighted by molar-refractivity contribution is 7.11. The summed E-state index contributed by atoms with van der Waals surface area (Å²) < 4.78 is 0. The molecule has 5 nitrogen and oxygen atoms in total. The molecule has 0 aliphatic carbocycles. The van der Waals surface area contributed by atoms with Crippen molar-refractivity contribution in [3.63, 3.8) is 0 Å². The molecule has 20 heavy (non-hydrogen) atoms. The summed E-state index contributed by atoms with van der Waals surface area (Å²) in [5, 5.41) is 13.6. The van der Waals surface area contributed by atoms with E-state index in [1.165, 1.54) is 0 Å². The molecule has 2 N–H and O–H groups in total. The number of nitrogens with one attached hydrogen (secondary N) is 1. The van der Waals surface area contributed by atoms with Crippen molar-refractivity contribution >= 4 is 17.4 Å². The number of nitrogens with zero attached hydrogens (tertiary/aromatic N) is 2. The zero-order valence-corrected chi connectivity index (χ0v) is 13.2. The van der Waals surface area contributed by atoms with Gasteiger partial charge in [0.1, 0.15) is 0 Å². The predicted molar refractivity (Wildman–Crippen MR) is 79.8 cm³/mol. The van der Waals surface area contributed by atoms with Crippen LogP contribution in [0.4, 0.5) is 4.79 Å². The fraction of sp³-hybridized carbons (Fsp3) is 0.714. The number of hydrogen-bond donors (Lipinski definition) is 2. The number of amides is 2. The lowest BCUT2D eigenvalue weighted by molar-refractivity contribution is 0.0739. The number of carbonyl (C=O) groups excluding carboxylic acids is 1. The smallest absolute Gasteiger partial charge is 0.317 e. The lowest BCUT2D eigenvalue weighted by Crippen LogP contribution is -2.47. The Kier molecular flexibility index (Phi) is 4.99. The number of likely N-dealkylation sites (tertiary alicyclic amines) is 1. The van der Waals surface area contributed by atoms with Crippen LogP contribution in [0.2, 0.25) is 0 Å². The van der Waals surface area contributed by atoms with E-state index in [2.05, 4.69) is 10.3 Å². The molecule has 2 rings (SSSR count). The van der Waals surface area contributed by atoms with Crippen molar-refractivity contribution in [3.8, 4) is 0 Å². The van der Waals surface area contributed by atoms with Crippen LogP contribution in [0.1, 0.15) is 35.3 Å². The van der Waals surface area contributed by atoms with E-state index in [0.717, 1.165) is 35.0 Å². The van der Waals surface area contributed by atoms with Gasteiger partial charge in [-0.15, -0.1) is 11.3 Å². The van der Waals surface area contributed by atoms with Gasteiger partial charge in [0.15, 0.2) is 0 Å². The van der Waals surface area contributed by atoms with Gasteiger partial charge in [-0.25, -0.2) is 9.78 Å². The molecule has 1 aromatic heterocycles. The Bertz CT molecular complexity index is 473. The third-order valence-electron chi connectivity index (χ3n) is 3.83. The van der Waals surface area contributed by atoms with Crippen LogP contribution in [0.15, 0.2) is 0 Å². The highest BCUT2D eigenvalue weighted by atomic mass is 32.1. The molecule has 2 unspecified atom stereocenters. The zero-order valence-electron chi connectivity index (χ0n) is 12.3. The Morgan fingerprint density at radius 2 is 2.35 bits per heavy atom. The molecule has 1 fully saturated rings. The Labute approximate surface area is 124 Å². The van der Waals surface area contributed by atoms with Crippen LogP contribution in [-0.4, -0.2) is 40.2 Å². The van der Waals surface area contributed by atoms with Gasteiger partial charge in [-0.05, 0) is 33.6 Å². The van der Waals surface area contributed by atoms with E-state index in [0.29, 0.717) is 13.1 Å². The predicted octanol–water partition coefficient (Wildman–Crippen LogP) is 2.06. The molecule has 1 saturated heterocycles. The number of piperidine rings is 1. The van der Waals surface area contributed by atoms with Gasteiger partial charge in [-0.2, -0.15) is 0 Å². The minimum atomic E-state index is -0.350. The van der Waals surface area contributed by atoms with Crippen LogP contribution in [0.3, 0.4) is 0 Å². The van der Waals surface area contributed by atoms with E-state index in [-0.39, 0.29) is 18.1 Å². The molecular weight excluding hydrogens is 274 g/mol. The molecule has 1 aliphatic rings. The maximum atomic E-state index is 12.2. The summed E-state index contributed by atoms with van der Waals surface area (Å²) in [5.74, 6) is 0.196. The van der Waals surface area contributed by atoms with E-state index in [1.807, 2.05) is 18.7 Å². The van der Waals surface area contributed by atoms with Crippen molar-refractivity contribution in [2.45, 2.75) is 46.3 Å². The molecule has 0 spiro atoms. The first-order valence-electron chi connectivity index (χ1n) is 7.11. The Balaban J connectivity index is 1.87. The first kappa shape index (κ1) is 15.3. The van der Waals surface area contributed by atoms with Crippen LogP contribution >= 0.6 is 11.3 Å². The summed E-state index contributed by atoms with van der Waals surface area (Å²) in [4.78, 5) is 19.5. The maximum absolute atomic E-state index is 12.2. The second-order valence-corrected chi connectivity index (χ2v) is 6.78. The molecular formula is C14H23N3O2S. The second kappa shape index (κ2) is 6.54. The molecule has 0 saturated carbocycles. The molecule has 2 amide bonds. The number of carbonyl (C=O) groups is 1. The van der Waals surface area contributed by atoms with Gasteiger partial charge in [0, 0.05) is 23.9 Å². The fourth-order valence-corrected chi connectivity index (χ4v) is 3.47. The molecule has 112 valence electrons. The Morgan fingerprint density at radius 1 is 1.60 bits per heavy atom. The lowest BCUT2D eigenvalue weighted by Gasteiger charge is -2.34. The largest absolute Gasteiger partial charge is 0.393 e. The number of rotatable bonds is 3. The molecule has 1 aromatic rings.